The molecule has 1 atom stereocenters. The highest BCUT2D eigenvalue weighted by Crippen LogP contribution is 2.26. The van der Waals surface area contributed by atoms with Gasteiger partial charge >= 0.3 is 0 Å². The van der Waals surface area contributed by atoms with Gasteiger partial charge < -0.3 is 5.32 Å². The lowest BCUT2D eigenvalue weighted by molar-refractivity contribution is 0.514. The van der Waals surface area contributed by atoms with Crippen LogP contribution in [0, 0.1) is 0 Å². The Morgan fingerprint density at radius 1 is 1.29 bits per heavy atom. The van der Waals surface area contributed by atoms with Crippen LogP contribution in [0.2, 0.25) is 0 Å². The number of benzene rings is 1. The van der Waals surface area contributed by atoms with Crippen molar-refractivity contribution >= 4 is 22.2 Å². The highest BCUT2D eigenvalue weighted by molar-refractivity contribution is 7.07. The fraction of sp³-hybridized carbons (Fsp3) is 0.353. The van der Waals surface area contributed by atoms with E-state index in [0.29, 0.717) is 0 Å². The van der Waals surface area contributed by atoms with Crippen LogP contribution >= 0.6 is 11.3 Å². The predicted octanol–water partition coefficient (Wildman–Crippen LogP) is 3.92. The zero-order chi connectivity index (χ0) is 14.7. The number of thiophene rings is 1. The van der Waals surface area contributed by atoms with E-state index >= 15 is 0 Å². The fourth-order valence-electron chi connectivity index (χ4n) is 2.73. The summed E-state index contributed by atoms with van der Waals surface area (Å²) in [5.41, 5.74) is 3.73. The SMILES string of the molecule is CCCNC(Cc1ccsc1)c1nn(C)c2ccccc12. The number of fused-ring (bicyclic) bond motifs is 1. The standard InChI is InChI=1S/C17H21N3S/c1-3-9-18-15(11-13-8-10-21-12-13)17-14-6-4-5-7-16(14)20(2)19-17/h4-8,10,12,15,18H,3,9,11H2,1-2H3. The number of para-hydroxylation sites is 1. The number of hydrogen-bond donors (Lipinski definition) is 1. The van der Waals surface area contributed by atoms with Crippen LogP contribution in [-0.4, -0.2) is 16.3 Å². The molecule has 0 spiro atoms. The van der Waals surface area contributed by atoms with E-state index in [-0.39, 0.29) is 6.04 Å². The number of nitrogens with zero attached hydrogens (tertiary/aromatic N) is 2. The van der Waals surface area contributed by atoms with Crippen LogP contribution in [0.25, 0.3) is 10.9 Å². The van der Waals surface area contributed by atoms with Gasteiger partial charge in [0.05, 0.1) is 17.3 Å². The average molecular weight is 299 g/mol. The molecule has 0 amide bonds. The molecule has 1 N–H and O–H groups in total. The van der Waals surface area contributed by atoms with Crippen LogP contribution in [0.15, 0.2) is 41.1 Å². The highest BCUT2D eigenvalue weighted by Gasteiger charge is 2.19. The summed E-state index contributed by atoms with van der Waals surface area (Å²) >= 11 is 1.76. The van der Waals surface area contributed by atoms with Gasteiger partial charge in [0.1, 0.15) is 0 Å². The van der Waals surface area contributed by atoms with Crippen LogP contribution in [0.1, 0.15) is 30.6 Å². The summed E-state index contributed by atoms with van der Waals surface area (Å²) in [4.78, 5) is 0. The molecule has 0 saturated carbocycles. The van der Waals surface area contributed by atoms with Crippen molar-refractivity contribution < 1.29 is 0 Å². The third kappa shape index (κ3) is 3.01. The normalized spacial score (nSPS) is 12.9. The molecular weight excluding hydrogens is 278 g/mol. The Morgan fingerprint density at radius 3 is 2.90 bits per heavy atom. The minimum absolute atomic E-state index is 0.269. The Bertz CT molecular complexity index is 700. The molecular formula is C17H21N3S. The second-order valence-electron chi connectivity index (χ2n) is 5.37. The molecule has 3 aromatic rings. The van der Waals surface area contributed by atoms with Gasteiger partial charge in [-0.25, -0.2) is 0 Å². The molecule has 2 aromatic heterocycles. The van der Waals surface area contributed by atoms with Crippen LogP contribution in [0.3, 0.4) is 0 Å². The van der Waals surface area contributed by atoms with Crippen molar-refractivity contribution in [1.82, 2.24) is 15.1 Å². The Balaban J connectivity index is 1.97. The van der Waals surface area contributed by atoms with E-state index in [9.17, 15) is 0 Å². The van der Waals surface area contributed by atoms with Crippen molar-refractivity contribution in [3.63, 3.8) is 0 Å². The highest BCUT2D eigenvalue weighted by atomic mass is 32.1. The lowest BCUT2D eigenvalue weighted by Crippen LogP contribution is -2.24. The van der Waals surface area contributed by atoms with Crippen molar-refractivity contribution in [2.45, 2.75) is 25.8 Å². The molecule has 3 rings (SSSR count). The van der Waals surface area contributed by atoms with Gasteiger partial charge in [-0.15, -0.1) is 0 Å². The fourth-order valence-corrected chi connectivity index (χ4v) is 3.41. The maximum absolute atomic E-state index is 4.78. The maximum atomic E-state index is 4.78. The lowest BCUT2D eigenvalue weighted by Gasteiger charge is -2.16. The van der Waals surface area contributed by atoms with E-state index in [2.05, 4.69) is 53.3 Å². The molecule has 1 aromatic carbocycles. The Labute approximate surface area is 129 Å². The lowest BCUT2D eigenvalue weighted by atomic mass is 10.0. The summed E-state index contributed by atoms with van der Waals surface area (Å²) in [5.74, 6) is 0. The third-order valence-electron chi connectivity index (χ3n) is 3.78. The topological polar surface area (TPSA) is 29.9 Å². The largest absolute Gasteiger partial charge is 0.308 e. The molecule has 1 unspecified atom stereocenters. The molecule has 21 heavy (non-hydrogen) atoms. The van der Waals surface area contributed by atoms with Crippen molar-refractivity contribution in [3.8, 4) is 0 Å². The molecule has 0 aliphatic carbocycles. The zero-order valence-electron chi connectivity index (χ0n) is 12.5. The molecule has 2 heterocycles. The van der Waals surface area contributed by atoms with E-state index < -0.39 is 0 Å². The number of hydrogen-bond acceptors (Lipinski definition) is 3. The van der Waals surface area contributed by atoms with E-state index in [1.54, 1.807) is 11.3 Å². The van der Waals surface area contributed by atoms with E-state index in [0.717, 1.165) is 25.1 Å². The molecule has 4 heteroatoms. The summed E-state index contributed by atoms with van der Waals surface area (Å²) in [6, 6.07) is 10.9. The van der Waals surface area contributed by atoms with Crippen LogP contribution in [-0.2, 0) is 13.5 Å². The van der Waals surface area contributed by atoms with Crippen molar-refractivity contribution in [2.24, 2.45) is 7.05 Å². The number of aromatic nitrogens is 2. The van der Waals surface area contributed by atoms with Crippen molar-refractivity contribution in [1.29, 1.82) is 0 Å². The van der Waals surface area contributed by atoms with E-state index in [1.165, 1.54) is 16.5 Å². The van der Waals surface area contributed by atoms with E-state index in [4.69, 9.17) is 5.10 Å². The van der Waals surface area contributed by atoms with Crippen molar-refractivity contribution in [2.75, 3.05) is 6.54 Å². The first-order valence-corrected chi connectivity index (χ1v) is 8.40. The van der Waals surface area contributed by atoms with Gasteiger partial charge in [-0.1, -0.05) is 25.1 Å². The zero-order valence-corrected chi connectivity index (χ0v) is 13.4. The first-order valence-electron chi connectivity index (χ1n) is 7.45. The molecule has 0 aliphatic rings. The molecule has 0 radical (unpaired) electrons. The van der Waals surface area contributed by atoms with Gasteiger partial charge in [-0.2, -0.15) is 16.4 Å². The predicted molar refractivity (Wildman–Crippen MR) is 89.8 cm³/mol. The number of aryl methyl sites for hydroxylation is 1. The molecule has 0 saturated heterocycles. The van der Waals surface area contributed by atoms with Gasteiger partial charge in [0.15, 0.2) is 0 Å². The van der Waals surface area contributed by atoms with E-state index in [1.807, 2.05) is 11.7 Å². The van der Waals surface area contributed by atoms with Crippen molar-refractivity contribution in [3.05, 3.63) is 52.3 Å². The first kappa shape index (κ1) is 14.3. The average Bonchev–Trinajstić information content (AvgIpc) is 3.12. The molecule has 0 bridgehead atoms. The van der Waals surface area contributed by atoms with Crippen LogP contribution < -0.4 is 5.32 Å². The minimum atomic E-state index is 0.269. The van der Waals surface area contributed by atoms with Gasteiger partial charge in [0, 0.05) is 12.4 Å². The summed E-state index contributed by atoms with van der Waals surface area (Å²) in [6.07, 6.45) is 2.12. The molecule has 0 aliphatic heterocycles. The second-order valence-corrected chi connectivity index (χ2v) is 6.15. The Morgan fingerprint density at radius 2 is 2.14 bits per heavy atom. The van der Waals surface area contributed by atoms with Gasteiger partial charge in [-0.05, 0) is 47.8 Å². The maximum Gasteiger partial charge on any atom is 0.0875 e. The van der Waals surface area contributed by atoms with Crippen LogP contribution in [0.4, 0.5) is 0 Å². The Hall–Kier alpha value is -1.65. The summed E-state index contributed by atoms with van der Waals surface area (Å²) in [7, 11) is 2.02. The summed E-state index contributed by atoms with van der Waals surface area (Å²) in [5, 5.41) is 14.1. The summed E-state index contributed by atoms with van der Waals surface area (Å²) < 4.78 is 1.99. The summed E-state index contributed by atoms with van der Waals surface area (Å²) in [6.45, 7) is 3.21. The first-order chi connectivity index (χ1) is 10.3. The minimum Gasteiger partial charge on any atom is -0.308 e. The van der Waals surface area contributed by atoms with Gasteiger partial charge in [0.2, 0.25) is 0 Å². The smallest absolute Gasteiger partial charge is 0.0875 e. The van der Waals surface area contributed by atoms with Gasteiger partial charge in [0.25, 0.3) is 0 Å². The van der Waals surface area contributed by atoms with Crippen LogP contribution in [0.5, 0.6) is 0 Å². The van der Waals surface area contributed by atoms with Gasteiger partial charge in [-0.3, -0.25) is 4.68 Å². The third-order valence-corrected chi connectivity index (χ3v) is 4.51. The molecule has 3 nitrogen and oxygen atoms in total. The monoisotopic (exact) mass is 299 g/mol. The quantitative estimate of drug-likeness (QED) is 0.747. The second kappa shape index (κ2) is 6.41. The molecule has 0 fully saturated rings. The molecule has 110 valence electrons. The number of rotatable bonds is 6. The number of nitrogens with one attached hydrogen (secondary N) is 1. The Kier molecular flexibility index (Phi) is 4.36.